The van der Waals surface area contributed by atoms with Crippen LogP contribution in [0.5, 0.6) is 0 Å². The van der Waals surface area contributed by atoms with Gasteiger partial charge in [-0.25, -0.2) is 8.78 Å². The molecule has 0 fully saturated rings. The molecule has 3 heteroatoms. The van der Waals surface area contributed by atoms with Crippen molar-refractivity contribution in [3.8, 4) is 11.8 Å². The lowest BCUT2D eigenvalue weighted by atomic mass is 10.2. The Bertz CT molecular complexity index is 158. The van der Waals surface area contributed by atoms with Crippen molar-refractivity contribution in [2.24, 2.45) is 0 Å². The van der Waals surface area contributed by atoms with Crippen LogP contribution in [0, 0.1) is 11.8 Å². The Morgan fingerprint density at radius 3 is 2.50 bits per heavy atom. The molecule has 0 aliphatic heterocycles. The van der Waals surface area contributed by atoms with Crippen molar-refractivity contribution in [1.82, 2.24) is 5.32 Å². The van der Waals surface area contributed by atoms with Gasteiger partial charge in [0.15, 0.2) is 0 Å². The van der Waals surface area contributed by atoms with Crippen LogP contribution in [-0.4, -0.2) is 19.0 Å². The fourth-order valence-electron chi connectivity index (χ4n) is 0.792. The molecule has 0 aromatic carbocycles. The zero-order chi connectivity index (χ0) is 9.40. The Balaban J connectivity index is 3.75. The monoisotopic (exact) mass is 175 g/mol. The van der Waals surface area contributed by atoms with E-state index in [0.717, 1.165) is 6.42 Å². The Hall–Kier alpha value is -0.620. The van der Waals surface area contributed by atoms with Crippen molar-refractivity contribution < 1.29 is 8.78 Å². The van der Waals surface area contributed by atoms with Crippen LogP contribution in [-0.2, 0) is 0 Å². The van der Waals surface area contributed by atoms with E-state index < -0.39 is 12.5 Å². The molecule has 0 heterocycles. The predicted molar refractivity (Wildman–Crippen MR) is 46.2 cm³/mol. The number of hydrogen-bond acceptors (Lipinski definition) is 1. The van der Waals surface area contributed by atoms with Gasteiger partial charge in [-0.2, -0.15) is 0 Å². The number of rotatable bonds is 5. The van der Waals surface area contributed by atoms with Gasteiger partial charge in [0.2, 0.25) is 0 Å². The Labute approximate surface area is 72.5 Å². The third-order valence-electron chi connectivity index (χ3n) is 1.46. The first-order valence-corrected chi connectivity index (χ1v) is 4.13. The highest BCUT2D eigenvalue weighted by molar-refractivity contribution is 4.98. The van der Waals surface area contributed by atoms with Crippen LogP contribution in [0.15, 0.2) is 0 Å². The first kappa shape index (κ1) is 11.4. The Morgan fingerprint density at radius 1 is 1.42 bits per heavy atom. The molecule has 0 amide bonds. The first-order valence-electron chi connectivity index (χ1n) is 4.13. The molecule has 0 saturated heterocycles. The second-order valence-corrected chi connectivity index (χ2v) is 2.53. The summed E-state index contributed by atoms with van der Waals surface area (Å²) in [6.45, 7) is 4.23. The summed E-state index contributed by atoms with van der Waals surface area (Å²) in [7, 11) is 0. The molecule has 12 heavy (non-hydrogen) atoms. The molecule has 1 atom stereocenters. The molecular formula is C9H15F2N. The lowest BCUT2D eigenvalue weighted by Gasteiger charge is -2.14. The second-order valence-electron chi connectivity index (χ2n) is 2.53. The number of nitrogens with one attached hydrogen (secondary N) is 1. The Kier molecular flexibility index (Phi) is 6.69. The summed E-state index contributed by atoms with van der Waals surface area (Å²) in [4.78, 5) is 0. The summed E-state index contributed by atoms with van der Waals surface area (Å²) >= 11 is 0. The van der Waals surface area contributed by atoms with Crippen molar-refractivity contribution in [1.29, 1.82) is 0 Å². The molecule has 1 nitrogen and oxygen atoms in total. The summed E-state index contributed by atoms with van der Waals surface area (Å²) in [5, 5.41) is 2.75. The molecule has 0 rings (SSSR count). The maximum absolute atomic E-state index is 12.2. The van der Waals surface area contributed by atoms with Crippen LogP contribution >= 0.6 is 0 Å². The highest BCUT2D eigenvalue weighted by atomic mass is 19.3. The molecule has 1 unspecified atom stereocenters. The minimum Gasteiger partial charge on any atom is -0.308 e. The average Bonchev–Trinajstić information content (AvgIpc) is 2.04. The van der Waals surface area contributed by atoms with E-state index in [1.807, 2.05) is 6.92 Å². The van der Waals surface area contributed by atoms with E-state index in [1.54, 1.807) is 6.92 Å². The smallest absolute Gasteiger partial charge is 0.254 e. The molecule has 0 aliphatic carbocycles. The van der Waals surface area contributed by atoms with Crippen LogP contribution in [0.2, 0.25) is 0 Å². The molecule has 0 aliphatic rings. The molecule has 1 N–H and O–H groups in total. The van der Waals surface area contributed by atoms with Crippen molar-refractivity contribution >= 4 is 0 Å². The van der Waals surface area contributed by atoms with Gasteiger partial charge < -0.3 is 5.32 Å². The lowest BCUT2D eigenvalue weighted by molar-refractivity contribution is 0.100. The third-order valence-corrected chi connectivity index (χ3v) is 1.46. The average molecular weight is 175 g/mol. The molecule has 0 bridgehead atoms. The van der Waals surface area contributed by atoms with E-state index in [0.29, 0.717) is 6.54 Å². The van der Waals surface area contributed by atoms with Gasteiger partial charge in [0.1, 0.15) is 0 Å². The van der Waals surface area contributed by atoms with E-state index in [9.17, 15) is 8.78 Å². The van der Waals surface area contributed by atoms with Crippen LogP contribution in [0.25, 0.3) is 0 Å². The van der Waals surface area contributed by atoms with Crippen molar-refractivity contribution in [3.63, 3.8) is 0 Å². The lowest BCUT2D eigenvalue weighted by Crippen LogP contribution is -2.35. The van der Waals surface area contributed by atoms with E-state index in [-0.39, 0.29) is 6.42 Å². The van der Waals surface area contributed by atoms with Gasteiger partial charge in [-0.15, -0.1) is 11.8 Å². The van der Waals surface area contributed by atoms with Crippen LogP contribution in [0.4, 0.5) is 8.78 Å². The SMILES string of the molecule is CC#CCC(NCCC)C(F)F. The second kappa shape index (κ2) is 7.05. The van der Waals surface area contributed by atoms with Crippen molar-refractivity contribution in [2.75, 3.05) is 6.54 Å². The van der Waals surface area contributed by atoms with Gasteiger partial charge in [-0.1, -0.05) is 6.92 Å². The number of hydrogen-bond donors (Lipinski definition) is 1. The van der Waals surface area contributed by atoms with Gasteiger partial charge in [-0.05, 0) is 19.9 Å². The van der Waals surface area contributed by atoms with E-state index in [2.05, 4.69) is 17.2 Å². The fraction of sp³-hybridized carbons (Fsp3) is 0.778. The van der Waals surface area contributed by atoms with Gasteiger partial charge in [-0.3, -0.25) is 0 Å². The molecular weight excluding hydrogens is 160 g/mol. The molecule has 0 aromatic rings. The van der Waals surface area contributed by atoms with Crippen LogP contribution in [0.3, 0.4) is 0 Å². The van der Waals surface area contributed by atoms with E-state index in [4.69, 9.17) is 0 Å². The van der Waals surface area contributed by atoms with Gasteiger partial charge in [0, 0.05) is 6.42 Å². The van der Waals surface area contributed by atoms with E-state index >= 15 is 0 Å². The highest BCUT2D eigenvalue weighted by Gasteiger charge is 2.17. The summed E-state index contributed by atoms with van der Waals surface area (Å²) < 4.78 is 24.4. The molecule has 0 spiro atoms. The summed E-state index contributed by atoms with van der Waals surface area (Å²) in [5.41, 5.74) is 0. The summed E-state index contributed by atoms with van der Waals surface area (Å²) in [5.74, 6) is 5.25. The quantitative estimate of drug-likeness (QED) is 0.630. The Morgan fingerprint density at radius 2 is 2.08 bits per heavy atom. The van der Waals surface area contributed by atoms with Crippen molar-refractivity contribution in [3.05, 3.63) is 0 Å². The van der Waals surface area contributed by atoms with Gasteiger partial charge >= 0.3 is 0 Å². The predicted octanol–water partition coefficient (Wildman–Crippen LogP) is 2.03. The topological polar surface area (TPSA) is 12.0 Å². The molecule has 0 radical (unpaired) electrons. The number of halogens is 2. The van der Waals surface area contributed by atoms with E-state index in [1.165, 1.54) is 0 Å². The van der Waals surface area contributed by atoms with Crippen LogP contribution < -0.4 is 5.32 Å². The van der Waals surface area contributed by atoms with Gasteiger partial charge in [0.05, 0.1) is 6.04 Å². The first-order chi connectivity index (χ1) is 5.72. The zero-order valence-corrected chi connectivity index (χ0v) is 7.53. The van der Waals surface area contributed by atoms with Crippen LogP contribution in [0.1, 0.15) is 26.7 Å². The fourth-order valence-corrected chi connectivity index (χ4v) is 0.792. The molecule has 0 aromatic heterocycles. The summed E-state index contributed by atoms with van der Waals surface area (Å²) in [6, 6.07) is -0.766. The summed E-state index contributed by atoms with van der Waals surface area (Å²) in [6.07, 6.45) is -1.23. The molecule has 70 valence electrons. The molecule has 0 saturated carbocycles. The maximum Gasteiger partial charge on any atom is 0.254 e. The highest BCUT2D eigenvalue weighted by Crippen LogP contribution is 2.04. The van der Waals surface area contributed by atoms with Crippen molar-refractivity contribution in [2.45, 2.75) is 39.2 Å². The largest absolute Gasteiger partial charge is 0.308 e. The van der Waals surface area contributed by atoms with Gasteiger partial charge in [0.25, 0.3) is 6.43 Å². The minimum atomic E-state index is -2.32. The standard InChI is InChI=1S/C9H15F2N/c1-3-5-6-8(9(10)11)12-7-4-2/h8-9,12H,4,6-7H2,1-2H3. The zero-order valence-electron chi connectivity index (χ0n) is 7.53. The maximum atomic E-state index is 12.2. The third kappa shape index (κ3) is 5.09. The minimum absolute atomic E-state index is 0.230. The number of alkyl halides is 2. The normalized spacial score (nSPS) is 12.4.